The Hall–Kier alpha value is -2.57. The van der Waals surface area contributed by atoms with E-state index >= 15 is 0 Å². The summed E-state index contributed by atoms with van der Waals surface area (Å²) in [6.07, 6.45) is 4.38. The summed E-state index contributed by atoms with van der Waals surface area (Å²) in [5.41, 5.74) is 0.499. The molecule has 1 aromatic heterocycles. The number of amides is 2. The molecule has 2 rings (SSSR count). The van der Waals surface area contributed by atoms with Crippen LogP contribution in [0.5, 0.6) is 0 Å². The van der Waals surface area contributed by atoms with E-state index in [0.29, 0.717) is 17.1 Å². The van der Waals surface area contributed by atoms with Crippen molar-refractivity contribution in [1.82, 2.24) is 15.2 Å². The predicted octanol–water partition coefficient (Wildman–Crippen LogP) is 3.73. The van der Waals surface area contributed by atoms with Crippen LogP contribution in [0.3, 0.4) is 0 Å². The van der Waals surface area contributed by atoms with Crippen molar-refractivity contribution in [3.8, 4) is 0 Å². The quantitative estimate of drug-likeness (QED) is 0.693. The highest BCUT2D eigenvalue weighted by Crippen LogP contribution is 2.23. The second kappa shape index (κ2) is 9.22. The van der Waals surface area contributed by atoms with Crippen LogP contribution in [-0.4, -0.2) is 34.8 Å². The van der Waals surface area contributed by atoms with Gasteiger partial charge in [-0.25, -0.2) is 4.98 Å². The summed E-state index contributed by atoms with van der Waals surface area (Å²) in [5, 5.41) is 3.25. The molecule has 0 spiro atoms. The van der Waals surface area contributed by atoms with E-state index in [0.717, 1.165) is 0 Å². The van der Waals surface area contributed by atoms with Gasteiger partial charge in [0.1, 0.15) is 6.26 Å². The zero-order valence-electron chi connectivity index (χ0n) is 13.9. The molecule has 0 bridgehead atoms. The van der Waals surface area contributed by atoms with E-state index in [9.17, 15) is 9.59 Å². The van der Waals surface area contributed by atoms with Gasteiger partial charge in [0.25, 0.3) is 11.8 Å². The fourth-order valence-electron chi connectivity index (χ4n) is 2.09. The zero-order valence-corrected chi connectivity index (χ0v) is 15.4. The Morgan fingerprint density at radius 2 is 2.00 bits per heavy atom. The van der Waals surface area contributed by atoms with E-state index in [1.54, 1.807) is 24.3 Å². The first kappa shape index (κ1) is 19.8. The lowest BCUT2D eigenvalue weighted by molar-refractivity contribution is 0.0749. The average molecular weight is 394 g/mol. The molecule has 1 heterocycles. The summed E-state index contributed by atoms with van der Waals surface area (Å²) in [5.74, 6) is -0.450. The van der Waals surface area contributed by atoms with Crippen molar-refractivity contribution in [2.45, 2.75) is 6.54 Å². The van der Waals surface area contributed by atoms with Crippen molar-refractivity contribution >= 4 is 35.0 Å². The smallest absolute Gasteiger partial charge is 0.273 e. The van der Waals surface area contributed by atoms with E-state index < -0.39 is 0 Å². The van der Waals surface area contributed by atoms with Gasteiger partial charge in [-0.05, 0) is 18.2 Å². The number of nitrogens with one attached hydrogen (secondary N) is 1. The zero-order chi connectivity index (χ0) is 19.1. The van der Waals surface area contributed by atoms with Crippen LogP contribution in [0.1, 0.15) is 26.7 Å². The molecule has 0 aliphatic carbocycles. The summed E-state index contributed by atoms with van der Waals surface area (Å²) in [6, 6.07) is 4.62. The van der Waals surface area contributed by atoms with Crippen molar-refractivity contribution in [3.63, 3.8) is 0 Å². The van der Waals surface area contributed by atoms with Crippen LogP contribution in [0.25, 0.3) is 0 Å². The minimum Gasteiger partial charge on any atom is -0.446 e. The van der Waals surface area contributed by atoms with Crippen molar-refractivity contribution in [1.29, 1.82) is 0 Å². The van der Waals surface area contributed by atoms with E-state index in [1.807, 2.05) is 0 Å². The second-order valence-electron chi connectivity index (χ2n) is 5.23. The SMILES string of the molecule is C=CCNC(=O)c1coc(CN(CC=C)C(=O)c2ccc(Cl)c(Cl)c2)n1. The van der Waals surface area contributed by atoms with Gasteiger partial charge in [-0.15, -0.1) is 13.2 Å². The Labute approximate surface area is 161 Å². The Bertz CT molecular complexity index is 833. The number of hydrogen-bond acceptors (Lipinski definition) is 4. The lowest BCUT2D eigenvalue weighted by atomic mass is 10.2. The lowest BCUT2D eigenvalue weighted by Gasteiger charge is -2.19. The van der Waals surface area contributed by atoms with E-state index in [1.165, 1.54) is 17.2 Å². The van der Waals surface area contributed by atoms with E-state index in [2.05, 4.69) is 23.5 Å². The molecule has 0 aliphatic heterocycles. The minimum atomic E-state index is -0.383. The predicted molar refractivity (Wildman–Crippen MR) is 100 cm³/mol. The van der Waals surface area contributed by atoms with E-state index in [4.69, 9.17) is 27.6 Å². The maximum atomic E-state index is 12.7. The summed E-state index contributed by atoms with van der Waals surface area (Å²) < 4.78 is 5.30. The van der Waals surface area contributed by atoms with Gasteiger partial charge in [0, 0.05) is 18.7 Å². The number of hydrogen-bond donors (Lipinski definition) is 1. The van der Waals surface area contributed by atoms with Crippen LogP contribution in [0.2, 0.25) is 10.0 Å². The molecule has 0 fully saturated rings. The largest absolute Gasteiger partial charge is 0.446 e. The van der Waals surface area contributed by atoms with Crippen LogP contribution in [0, 0.1) is 0 Å². The molecule has 6 nitrogen and oxygen atoms in total. The number of carbonyl (C=O) groups is 2. The second-order valence-corrected chi connectivity index (χ2v) is 6.04. The summed E-state index contributed by atoms with van der Waals surface area (Å²) in [6.45, 7) is 7.82. The molecule has 2 amide bonds. The van der Waals surface area contributed by atoms with Gasteiger partial charge in [0.2, 0.25) is 5.89 Å². The molecule has 0 saturated carbocycles. The highest BCUT2D eigenvalue weighted by molar-refractivity contribution is 6.42. The first-order valence-electron chi connectivity index (χ1n) is 7.65. The fourth-order valence-corrected chi connectivity index (χ4v) is 2.39. The first-order valence-corrected chi connectivity index (χ1v) is 8.40. The molecule has 1 aromatic carbocycles. The van der Waals surface area contributed by atoms with Gasteiger partial charge in [-0.2, -0.15) is 0 Å². The van der Waals surface area contributed by atoms with Gasteiger partial charge in [-0.3, -0.25) is 9.59 Å². The molecule has 0 radical (unpaired) electrons. The highest BCUT2D eigenvalue weighted by Gasteiger charge is 2.19. The molecule has 8 heteroatoms. The number of aromatic nitrogens is 1. The average Bonchev–Trinajstić information content (AvgIpc) is 3.09. The molecule has 0 unspecified atom stereocenters. The van der Waals surface area contributed by atoms with Crippen LogP contribution >= 0.6 is 23.2 Å². The van der Waals surface area contributed by atoms with Crippen molar-refractivity contribution in [3.05, 3.63) is 77.0 Å². The molecule has 0 aliphatic rings. The normalized spacial score (nSPS) is 10.2. The molecule has 1 N–H and O–H groups in total. The maximum absolute atomic E-state index is 12.7. The lowest BCUT2D eigenvalue weighted by Crippen LogP contribution is -2.31. The molecule has 26 heavy (non-hydrogen) atoms. The highest BCUT2D eigenvalue weighted by atomic mass is 35.5. The Morgan fingerprint density at radius 1 is 1.23 bits per heavy atom. The maximum Gasteiger partial charge on any atom is 0.273 e. The molecule has 2 aromatic rings. The third kappa shape index (κ3) is 4.97. The fraction of sp³-hybridized carbons (Fsp3) is 0.167. The van der Waals surface area contributed by atoms with E-state index in [-0.39, 0.29) is 41.5 Å². The summed E-state index contributed by atoms with van der Waals surface area (Å²) in [4.78, 5) is 30.1. The van der Waals surface area contributed by atoms with Gasteiger partial charge in [0.15, 0.2) is 5.69 Å². The number of halogens is 2. The Balaban J connectivity index is 2.15. The molecular formula is C18H17Cl2N3O3. The van der Waals surface area contributed by atoms with Crippen LogP contribution in [0.15, 0.2) is 54.2 Å². The summed E-state index contributed by atoms with van der Waals surface area (Å²) >= 11 is 11.9. The van der Waals surface area contributed by atoms with Gasteiger partial charge in [0.05, 0.1) is 16.6 Å². The van der Waals surface area contributed by atoms with Gasteiger partial charge < -0.3 is 14.6 Å². The Morgan fingerprint density at radius 3 is 2.65 bits per heavy atom. The first-order chi connectivity index (χ1) is 12.5. The minimum absolute atomic E-state index is 0.0693. The van der Waals surface area contributed by atoms with Crippen LogP contribution < -0.4 is 5.32 Å². The summed E-state index contributed by atoms with van der Waals surface area (Å²) in [7, 11) is 0. The topological polar surface area (TPSA) is 75.4 Å². The monoisotopic (exact) mass is 393 g/mol. The number of oxazole rings is 1. The molecule has 136 valence electrons. The van der Waals surface area contributed by atoms with Crippen LogP contribution in [-0.2, 0) is 6.54 Å². The Kier molecular flexibility index (Phi) is 7.00. The molecule has 0 atom stereocenters. The van der Waals surface area contributed by atoms with Crippen molar-refractivity contribution in [2.24, 2.45) is 0 Å². The van der Waals surface area contributed by atoms with Gasteiger partial charge in [-0.1, -0.05) is 35.4 Å². The van der Waals surface area contributed by atoms with Crippen molar-refractivity contribution < 1.29 is 14.0 Å². The standard InChI is InChI=1S/C18H17Cl2N3O3/c1-3-7-21-17(24)15-11-26-16(22-15)10-23(8-4-2)18(25)12-5-6-13(19)14(20)9-12/h3-6,9,11H,1-2,7-8,10H2,(H,21,24). The molecular weight excluding hydrogens is 377 g/mol. The number of carbonyl (C=O) groups excluding carboxylic acids is 2. The number of benzene rings is 1. The van der Waals surface area contributed by atoms with Crippen molar-refractivity contribution in [2.75, 3.05) is 13.1 Å². The molecule has 0 saturated heterocycles. The number of nitrogens with zero attached hydrogens (tertiary/aromatic N) is 2. The third-order valence-corrected chi connectivity index (χ3v) is 4.06. The number of rotatable bonds is 8. The third-order valence-electron chi connectivity index (χ3n) is 3.32. The van der Waals surface area contributed by atoms with Crippen LogP contribution in [0.4, 0.5) is 0 Å². The van der Waals surface area contributed by atoms with Gasteiger partial charge >= 0.3 is 0 Å².